The molecule has 6 nitrogen and oxygen atoms in total. The Morgan fingerprint density at radius 3 is 2.23 bits per heavy atom. The predicted octanol–water partition coefficient (Wildman–Crippen LogP) is 1.14. The van der Waals surface area contributed by atoms with Gasteiger partial charge in [0.2, 0.25) is 10.0 Å². The third kappa shape index (κ3) is 6.74. The molecule has 0 fully saturated rings. The van der Waals surface area contributed by atoms with E-state index in [0.29, 0.717) is 25.2 Å². The van der Waals surface area contributed by atoms with Gasteiger partial charge in [-0.05, 0) is 37.2 Å². The zero-order valence-corrected chi connectivity index (χ0v) is 14.5. The van der Waals surface area contributed by atoms with Crippen LogP contribution in [0.1, 0.15) is 30.6 Å². The summed E-state index contributed by atoms with van der Waals surface area (Å²) in [6.07, 6.45) is 1.05. The molecule has 0 bridgehead atoms. The molecule has 0 heterocycles. The molecule has 1 rings (SSSR count). The van der Waals surface area contributed by atoms with Crippen molar-refractivity contribution in [2.45, 2.75) is 25.2 Å². The van der Waals surface area contributed by atoms with Gasteiger partial charge >= 0.3 is 0 Å². The first kappa shape index (κ1) is 20.9. The van der Waals surface area contributed by atoms with Gasteiger partial charge in [-0.15, -0.1) is 12.4 Å². The Kier molecular flexibility index (Phi) is 10.0. The van der Waals surface area contributed by atoms with Crippen molar-refractivity contribution in [3.63, 3.8) is 0 Å². The van der Waals surface area contributed by atoms with Gasteiger partial charge in [0.15, 0.2) is 0 Å². The van der Waals surface area contributed by atoms with Crippen molar-refractivity contribution < 1.29 is 13.2 Å². The van der Waals surface area contributed by atoms with Crippen LogP contribution in [0, 0.1) is 0 Å². The van der Waals surface area contributed by atoms with Crippen LogP contribution in [0.3, 0.4) is 0 Å². The molecule has 126 valence electrons. The maximum absolute atomic E-state index is 11.9. The molecule has 0 aliphatic rings. The van der Waals surface area contributed by atoms with Crippen molar-refractivity contribution in [1.82, 2.24) is 15.4 Å². The number of hydrogen-bond donors (Lipinski definition) is 3. The zero-order chi connectivity index (χ0) is 15.7. The summed E-state index contributed by atoms with van der Waals surface area (Å²) in [5, 5.41) is 5.96. The minimum absolute atomic E-state index is 0. The average Bonchev–Trinajstić information content (AvgIpc) is 2.47. The smallest absolute Gasteiger partial charge is 0.251 e. The molecule has 0 saturated carbocycles. The van der Waals surface area contributed by atoms with Gasteiger partial charge in [0.1, 0.15) is 0 Å². The number of amides is 1. The minimum Gasteiger partial charge on any atom is -0.351 e. The van der Waals surface area contributed by atoms with Crippen molar-refractivity contribution in [2.24, 2.45) is 0 Å². The Morgan fingerprint density at radius 1 is 1.05 bits per heavy atom. The molecule has 0 radical (unpaired) electrons. The Balaban J connectivity index is 0.00000441. The molecule has 1 aromatic carbocycles. The Bertz CT molecular complexity index is 547. The maximum Gasteiger partial charge on any atom is 0.251 e. The van der Waals surface area contributed by atoms with E-state index in [1.54, 1.807) is 6.92 Å². The van der Waals surface area contributed by atoms with Crippen molar-refractivity contribution in [2.75, 3.05) is 26.2 Å². The monoisotopic (exact) mass is 349 g/mol. The highest BCUT2D eigenvalue weighted by atomic mass is 35.5. The molecule has 0 unspecified atom stereocenters. The highest BCUT2D eigenvalue weighted by Crippen LogP contribution is 2.10. The zero-order valence-electron chi connectivity index (χ0n) is 12.9. The number of rotatable bonds is 9. The van der Waals surface area contributed by atoms with E-state index < -0.39 is 10.0 Å². The van der Waals surface area contributed by atoms with Gasteiger partial charge in [-0.2, -0.15) is 0 Å². The summed E-state index contributed by atoms with van der Waals surface area (Å²) in [4.78, 5) is 12.0. The highest BCUT2D eigenvalue weighted by molar-refractivity contribution is 7.89. The fourth-order valence-corrected chi connectivity index (χ4v) is 2.77. The summed E-state index contributed by atoms with van der Waals surface area (Å²) in [7, 11) is -3.47. The van der Waals surface area contributed by atoms with Crippen molar-refractivity contribution in [1.29, 1.82) is 0 Å². The van der Waals surface area contributed by atoms with Crippen LogP contribution in [0.2, 0.25) is 0 Å². The van der Waals surface area contributed by atoms with Crippen LogP contribution in [0.15, 0.2) is 29.2 Å². The SMILES string of the molecule is CCCNCCNC(=O)c1ccc(S(=O)(=O)NCC)cc1.Cl. The van der Waals surface area contributed by atoms with Gasteiger partial charge in [-0.1, -0.05) is 13.8 Å². The Hall–Kier alpha value is -1.15. The maximum atomic E-state index is 11.9. The van der Waals surface area contributed by atoms with E-state index in [1.165, 1.54) is 24.3 Å². The molecule has 3 N–H and O–H groups in total. The average molecular weight is 350 g/mol. The van der Waals surface area contributed by atoms with Crippen LogP contribution >= 0.6 is 12.4 Å². The lowest BCUT2D eigenvalue weighted by molar-refractivity contribution is 0.0954. The molecule has 8 heteroatoms. The molecular formula is C14H24ClN3O3S. The fraction of sp³-hybridized carbons (Fsp3) is 0.500. The second-order valence-electron chi connectivity index (χ2n) is 4.53. The van der Waals surface area contributed by atoms with E-state index in [2.05, 4.69) is 22.3 Å². The van der Waals surface area contributed by atoms with Gasteiger partial charge < -0.3 is 10.6 Å². The van der Waals surface area contributed by atoms with Crippen LogP contribution < -0.4 is 15.4 Å². The number of halogens is 1. The highest BCUT2D eigenvalue weighted by Gasteiger charge is 2.13. The number of hydrogen-bond acceptors (Lipinski definition) is 4. The molecule has 0 aromatic heterocycles. The normalized spacial score (nSPS) is 10.8. The van der Waals surface area contributed by atoms with Gasteiger partial charge in [-0.25, -0.2) is 13.1 Å². The topological polar surface area (TPSA) is 87.3 Å². The van der Waals surface area contributed by atoms with E-state index >= 15 is 0 Å². The first-order chi connectivity index (χ1) is 10.0. The first-order valence-corrected chi connectivity index (χ1v) is 8.58. The third-order valence-corrected chi connectivity index (χ3v) is 4.34. The van der Waals surface area contributed by atoms with Gasteiger partial charge in [0, 0.05) is 25.2 Å². The fourth-order valence-electron chi connectivity index (χ4n) is 1.73. The standard InChI is InChI=1S/C14H23N3O3S.ClH/c1-3-9-15-10-11-16-14(18)12-5-7-13(8-6-12)21(19,20)17-4-2;/h5-8,15,17H,3-4,9-11H2,1-2H3,(H,16,18);1H. The van der Waals surface area contributed by atoms with E-state index in [-0.39, 0.29) is 23.2 Å². The second-order valence-corrected chi connectivity index (χ2v) is 6.30. The Morgan fingerprint density at radius 2 is 1.68 bits per heavy atom. The van der Waals surface area contributed by atoms with Gasteiger partial charge in [0.05, 0.1) is 4.90 Å². The van der Waals surface area contributed by atoms with Crippen molar-refractivity contribution in [3.8, 4) is 0 Å². The summed E-state index contributed by atoms with van der Waals surface area (Å²) >= 11 is 0. The molecule has 0 spiro atoms. The quantitative estimate of drug-likeness (QED) is 0.583. The summed E-state index contributed by atoms with van der Waals surface area (Å²) in [5.41, 5.74) is 0.445. The van der Waals surface area contributed by atoms with Crippen LogP contribution in [0.25, 0.3) is 0 Å². The minimum atomic E-state index is -3.47. The largest absolute Gasteiger partial charge is 0.351 e. The molecule has 0 aliphatic carbocycles. The van der Waals surface area contributed by atoms with Crippen LogP contribution in [0.5, 0.6) is 0 Å². The number of benzene rings is 1. The van der Waals surface area contributed by atoms with E-state index in [1.807, 2.05) is 0 Å². The second kappa shape index (κ2) is 10.6. The summed E-state index contributed by atoms with van der Waals surface area (Å²) in [6.45, 7) is 6.30. The first-order valence-electron chi connectivity index (χ1n) is 7.10. The number of sulfonamides is 1. The van der Waals surface area contributed by atoms with E-state index in [0.717, 1.165) is 13.0 Å². The number of carbonyl (C=O) groups excluding carboxylic acids is 1. The van der Waals surface area contributed by atoms with Crippen LogP contribution in [-0.4, -0.2) is 40.5 Å². The van der Waals surface area contributed by atoms with Crippen LogP contribution in [-0.2, 0) is 10.0 Å². The number of nitrogens with one attached hydrogen (secondary N) is 3. The molecule has 1 amide bonds. The number of carbonyl (C=O) groups is 1. The summed E-state index contributed by atoms with van der Waals surface area (Å²) in [6, 6.07) is 5.89. The molecule has 0 saturated heterocycles. The molecule has 0 aliphatic heterocycles. The lowest BCUT2D eigenvalue weighted by Gasteiger charge is -2.07. The summed E-state index contributed by atoms with van der Waals surface area (Å²) in [5.74, 6) is -0.208. The molecule has 0 atom stereocenters. The lowest BCUT2D eigenvalue weighted by atomic mass is 10.2. The van der Waals surface area contributed by atoms with E-state index in [4.69, 9.17) is 0 Å². The summed E-state index contributed by atoms with van der Waals surface area (Å²) < 4.78 is 25.9. The predicted molar refractivity (Wildman–Crippen MR) is 90.0 cm³/mol. The van der Waals surface area contributed by atoms with Crippen molar-refractivity contribution in [3.05, 3.63) is 29.8 Å². The van der Waals surface area contributed by atoms with E-state index in [9.17, 15) is 13.2 Å². The molecule has 1 aromatic rings. The molecule has 22 heavy (non-hydrogen) atoms. The third-order valence-electron chi connectivity index (χ3n) is 2.78. The lowest BCUT2D eigenvalue weighted by Crippen LogP contribution is -2.32. The molecular weight excluding hydrogens is 326 g/mol. The van der Waals surface area contributed by atoms with Crippen LogP contribution in [0.4, 0.5) is 0 Å². The van der Waals surface area contributed by atoms with Gasteiger partial charge in [-0.3, -0.25) is 4.79 Å². The van der Waals surface area contributed by atoms with Gasteiger partial charge in [0.25, 0.3) is 5.91 Å². The Labute approximate surface area is 138 Å². The van der Waals surface area contributed by atoms with Crippen molar-refractivity contribution >= 4 is 28.3 Å².